The van der Waals surface area contributed by atoms with Crippen LogP contribution in [-0.2, 0) is 9.59 Å². The average molecular weight is 160 g/mol. The molecule has 2 atom stereocenters. The molecule has 0 radical (unpaired) electrons. The molecule has 0 spiro atoms. The lowest BCUT2D eigenvalue weighted by Gasteiger charge is -2.12. The van der Waals surface area contributed by atoms with Crippen LogP contribution in [-0.4, -0.2) is 23.0 Å². The SMILES string of the molecule is C[C@H](CC(N)=O)[C@H](N)C(=O)O. The van der Waals surface area contributed by atoms with Gasteiger partial charge in [0.2, 0.25) is 5.91 Å². The van der Waals surface area contributed by atoms with Crippen molar-refractivity contribution in [2.75, 3.05) is 0 Å². The van der Waals surface area contributed by atoms with E-state index in [1.54, 1.807) is 6.92 Å². The monoisotopic (exact) mass is 160 g/mol. The zero-order chi connectivity index (χ0) is 9.02. The third kappa shape index (κ3) is 3.57. The molecule has 0 aromatic heterocycles. The Morgan fingerprint density at radius 3 is 2.27 bits per heavy atom. The molecule has 0 heterocycles. The van der Waals surface area contributed by atoms with Crippen molar-refractivity contribution in [1.82, 2.24) is 0 Å². The van der Waals surface area contributed by atoms with Crippen LogP contribution < -0.4 is 11.5 Å². The Balaban J connectivity index is 3.92. The minimum Gasteiger partial charge on any atom is -0.480 e. The molecule has 0 aromatic rings. The van der Waals surface area contributed by atoms with Crippen LogP contribution in [0.4, 0.5) is 0 Å². The summed E-state index contributed by atoms with van der Waals surface area (Å²) in [6, 6.07) is -1.01. The molecule has 0 fully saturated rings. The number of rotatable bonds is 4. The second-order valence-electron chi connectivity index (χ2n) is 2.51. The van der Waals surface area contributed by atoms with Crippen LogP contribution in [0.2, 0.25) is 0 Å². The number of hydrogen-bond acceptors (Lipinski definition) is 3. The number of primary amides is 1. The molecule has 0 unspecified atom stereocenters. The Morgan fingerprint density at radius 2 is 2.00 bits per heavy atom. The number of amides is 1. The van der Waals surface area contributed by atoms with Crippen LogP contribution in [0.5, 0.6) is 0 Å². The van der Waals surface area contributed by atoms with E-state index in [2.05, 4.69) is 0 Å². The van der Waals surface area contributed by atoms with E-state index >= 15 is 0 Å². The third-order valence-corrected chi connectivity index (χ3v) is 1.42. The van der Waals surface area contributed by atoms with Crippen molar-refractivity contribution in [1.29, 1.82) is 0 Å². The van der Waals surface area contributed by atoms with Gasteiger partial charge in [-0.2, -0.15) is 0 Å². The lowest BCUT2D eigenvalue weighted by atomic mass is 9.99. The maximum atomic E-state index is 10.3. The van der Waals surface area contributed by atoms with E-state index in [0.29, 0.717) is 0 Å². The van der Waals surface area contributed by atoms with E-state index in [9.17, 15) is 9.59 Å². The van der Waals surface area contributed by atoms with Gasteiger partial charge in [0.15, 0.2) is 0 Å². The van der Waals surface area contributed by atoms with Crippen LogP contribution in [0.3, 0.4) is 0 Å². The zero-order valence-corrected chi connectivity index (χ0v) is 6.28. The van der Waals surface area contributed by atoms with E-state index in [4.69, 9.17) is 16.6 Å². The summed E-state index contributed by atoms with van der Waals surface area (Å²) in [4.78, 5) is 20.6. The standard InChI is InChI=1S/C6H12N2O3/c1-3(2-4(7)9)5(8)6(10)11/h3,5H,2,8H2,1H3,(H2,7,9)(H,10,11)/t3-,5+/m1/s1. The van der Waals surface area contributed by atoms with Crippen LogP contribution in [0.15, 0.2) is 0 Å². The average Bonchev–Trinajstić information content (AvgIpc) is 1.84. The molecule has 0 aromatic carbocycles. The molecule has 1 amide bonds. The molecule has 5 heteroatoms. The van der Waals surface area contributed by atoms with E-state index in [0.717, 1.165) is 0 Å². The van der Waals surface area contributed by atoms with Gasteiger partial charge in [0.25, 0.3) is 0 Å². The topological polar surface area (TPSA) is 106 Å². The van der Waals surface area contributed by atoms with Crippen molar-refractivity contribution in [2.45, 2.75) is 19.4 Å². The largest absolute Gasteiger partial charge is 0.480 e. The van der Waals surface area contributed by atoms with E-state index < -0.39 is 23.8 Å². The van der Waals surface area contributed by atoms with Gasteiger partial charge in [0.05, 0.1) is 0 Å². The van der Waals surface area contributed by atoms with Gasteiger partial charge in [-0.05, 0) is 5.92 Å². The number of carbonyl (C=O) groups excluding carboxylic acids is 1. The van der Waals surface area contributed by atoms with Crippen LogP contribution >= 0.6 is 0 Å². The minimum absolute atomic E-state index is 0.00741. The highest BCUT2D eigenvalue weighted by Crippen LogP contribution is 2.04. The lowest BCUT2D eigenvalue weighted by Crippen LogP contribution is -2.38. The Hall–Kier alpha value is -1.10. The first kappa shape index (κ1) is 9.90. The summed E-state index contributed by atoms with van der Waals surface area (Å²) >= 11 is 0. The quantitative estimate of drug-likeness (QED) is 0.485. The Kier molecular flexibility index (Phi) is 3.53. The molecule has 0 rings (SSSR count). The van der Waals surface area contributed by atoms with Gasteiger partial charge >= 0.3 is 5.97 Å². The van der Waals surface area contributed by atoms with E-state index in [1.807, 2.05) is 0 Å². The molecule has 5 N–H and O–H groups in total. The van der Waals surface area contributed by atoms with Gasteiger partial charge in [0.1, 0.15) is 6.04 Å². The van der Waals surface area contributed by atoms with Gasteiger partial charge in [-0.3, -0.25) is 9.59 Å². The number of aliphatic carboxylic acids is 1. The molecule has 0 aliphatic heterocycles. The highest BCUT2D eigenvalue weighted by atomic mass is 16.4. The van der Waals surface area contributed by atoms with Crippen molar-refractivity contribution in [3.05, 3.63) is 0 Å². The smallest absolute Gasteiger partial charge is 0.320 e. The van der Waals surface area contributed by atoms with Crippen molar-refractivity contribution in [3.63, 3.8) is 0 Å². The van der Waals surface area contributed by atoms with Crippen LogP contribution in [0.1, 0.15) is 13.3 Å². The van der Waals surface area contributed by atoms with Gasteiger partial charge in [-0.25, -0.2) is 0 Å². The summed E-state index contributed by atoms with van der Waals surface area (Å²) < 4.78 is 0. The van der Waals surface area contributed by atoms with Crippen molar-refractivity contribution >= 4 is 11.9 Å². The lowest BCUT2D eigenvalue weighted by molar-refractivity contribution is -0.139. The molecule has 0 saturated heterocycles. The fourth-order valence-electron chi connectivity index (χ4n) is 0.688. The van der Waals surface area contributed by atoms with Gasteiger partial charge in [0, 0.05) is 6.42 Å². The summed E-state index contributed by atoms with van der Waals surface area (Å²) in [6.45, 7) is 1.57. The maximum absolute atomic E-state index is 10.3. The van der Waals surface area contributed by atoms with Crippen molar-refractivity contribution in [3.8, 4) is 0 Å². The van der Waals surface area contributed by atoms with E-state index in [1.165, 1.54) is 0 Å². The first-order chi connectivity index (χ1) is 4.95. The molecular formula is C6H12N2O3. The summed E-state index contributed by atoms with van der Waals surface area (Å²) in [5.74, 6) is -2.06. The second kappa shape index (κ2) is 3.92. The van der Waals surface area contributed by atoms with Crippen molar-refractivity contribution < 1.29 is 14.7 Å². The minimum atomic E-state index is -1.11. The van der Waals surface area contributed by atoms with Gasteiger partial charge in [-0.15, -0.1) is 0 Å². The number of carboxylic acid groups (broad SMARTS) is 1. The number of carbonyl (C=O) groups is 2. The first-order valence-corrected chi connectivity index (χ1v) is 3.22. The predicted molar refractivity (Wildman–Crippen MR) is 38.6 cm³/mol. The molecule has 11 heavy (non-hydrogen) atoms. The highest BCUT2D eigenvalue weighted by molar-refractivity contribution is 5.77. The normalized spacial score (nSPS) is 15.5. The summed E-state index contributed by atoms with van der Waals surface area (Å²) in [6.07, 6.45) is 0.00741. The molecule has 0 aliphatic carbocycles. The van der Waals surface area contributed by atoms with Gasteiger partial charge < -0.3 is 16.6 Å². The van der Waals surface area contributed by atoms with Gasteiger partial charge in [-0.1, -0.05) is 6.92 Å². The maximum Gasteiger partial charge on any atom is 0.320 e. The summed E-state index contributed by atoms with van der Waals surface area (Å²) in [7, 11) is 0. The van der Waals surface area contributed by atoms with Crippen LogP contribution in [0.25, 0.3) is 0 Å². The number of carboxylic acids is 1. The molecule has 0 bridgehead atoms. The highest BCUT2D eigenvalue weighted by Gasteiger charge is 2.20. The molecule has 0 saturated carbocycles. The Morgan fingerprint density at radius 1 is 1.55 bits per heavy atom. The second-order valence-corrected chi connectivity index (χ2v) is 2.51. The molecule has 0 aliphatic rings. The Bertz CT molecular complexity index is 169. The van der Waals surface area contributed by atoms with Crippen molar-refractivity contribution in [2.24, 2.45) is 17.4 Å². The zero-order valence-electron chi connectivity index (χ0n) is 6.28. The third-order valence-electron chi connectivity index (χ3n) is 1.42. The summed E-state index contributed by atoms with van der Waals surface area (Å²) in [5, 5.41) is 8.39. The summed E-state index contributed by atoms with van der Waals surface area (Å²) in [5.41, 5.74) is 10.0. The fraction of sp³-hybridized carbons (Fsp3) is 0.667. The fourth-order valence-corrected chi connectivity index (χ4v) is 0.688. The predicted octanol–water partition coefficient (Wildman–Crippen LogP) is -1.09. The number of nitrogens with two attached hydrogens (primary N) is 2. The molecule has 64 valence electrons. The van der Waals surface area contributed by atoms with Crippen LogP contribution in [0, 0.1) is 5.92 Å². The molecular weight excluding hydrogens is 148 g/mol. The first-order valence-electron chi connectivity index (χ1n) is 3.22. The van der Waals surface area contributed by atoms with E-state index in [-0.39, 0.29) is 6.42 Å². The number of hydrogen-bond donors (Lipinski definition) is 3. The molecule has 5 nitrogen and oxygen atoms in total. The Labute approximate surface area is 64.4 Å².